The van der Waals surface area contributed by atoms with Gasteiger partial charge < -0.3 is 5.73 Å². The minimum Gasteiger partial charge on any atom is -0.327 e. The summed E-state index contributed by atoms with van der Waals surface area (Å²) in [7, 11) is -2.40. The third-order valence-corrected chi connectivity index (χ3v) is 6.32. The molecule has 2 N–H and O–H groups in total. The van der Waals surface area contributed by atoms with E-state index in [1.54, 1.807) is 12.1 Å². The Morgan fingerprint density at radius 3 is 2.61 bits per heavy atom. The van der Waals surface area contributed by atoms with Crippen molar-refractivity contribution >= 4 is 19.8 Å². The molecule has 1 heterocycles. The van der Waals surface area contributed by atoms with E-state index in [1.807, 2.05) is 23.4 Å². The molecule has 100 valence electrons. The highest BCUT2D eigenvalue weighted by molar-refractivity contribution is 8.71. The summed E-state index contributed by atoms with van der Waals surface area (Å²) in [6, 6.07) is 7.02. The van der Waals surface area contributed by atoms with Crippen LogP contribution in [-0.2, 0) is 8.87 Å². The average molecular weight is 286 g/mol. The summed E-state index contributed by atoms with van der Waals surface area (Å²) in [6.07, 6.45) is 1.93. The fourth-order valence-corrected chi connectivity index (χ4v) is 5.05. The molecule has 0 radical (unpaired) electrons. The van der Waals surface area contributed by atoms with Gasteiger partial charge in [-0.3, -0.25) is 0 Å². The third kappa shape index (κ3) is 3.47. The van der Waals surface area contributed by atoms with Crippen LogP contribution >= 0.6 is 11.0 Å². The third-order valence-electron chi connectivity index (χ3n) is 2.93. The van der Waals surface area contributed by atoms with Crippen LogP contribution in [0.2, 0.25) is 0 Å². The maximum Gasteiger partial charge on any atom is 0.244 e. The van der Waals surface area contributed by atoms with E-state index in [0.717, 1.165) is 35.9 Å². The first kappa shape index (κ1) is 13.9. The van der Waals surface area contributed by atoms with Crippen molar-refractivity contribution in [3.8, 4) is 0 Å². The molecule has 1 aromatic rings. The first-order valence-electron chi connectivity index (χ1n) is 5.99. The van der Waals surface area contributed by atoms with Crippen molar-refractivity contribution < 1.29 is 8.42 Å². The highest BCUT2D eigenvalue weighted by atomic mass is 33.1. The van der Waals surface area contributed by atoms with Crippen LogP contribution in [0, 0.1) is 6.92 Å². The van der Waals surface area contributed by atoms with Crippen molar-refractivity contribution in [1.82, 2.24) is 4.31 Å². The molecule has 1 aromatic carbocycles. The standard InChI is InChI=1S/C12H18N2O2S2/c1-10-4-6-12(7-5-10)18(15,16)17-14-8-2-3-11(13)9-14/h4-7,11H,2-3,8-9,13H2,1H3. The number of aryl methyl sites for hydroxylation is 1. The molecule has 0 amide bonds. The highest BCUT2D eigenvalue weighted by Crippen LogP contribution is 2.29. The van der Waals surface area contributed by atoms with Gasteiger partial charge in [0.15, 0.2) is 0 Å². The molecule has 1 aliphatic rings. The molecular formula is C12H18N2O2S2. The van der Waals surface area contributed by atoms with E-state index in [2.05, 4.69) is 0 Å². The summed E-state index contributed by atoms with van der Waals surface area (Å²) in [5.74, 6) is 0. The van der Waals surface area contributed by atoms with Crippen LogP contribution in [0.3, 0.4) is 0 Å². The molecule has 1 atom stereocenters. The molecule has 2 rings (SSSR count). The van der Waals surface area contributed by atoms with E-state index < -0.39 is 8.87 Å². The van der Waals surface area contributed by atoms with Crippen molar-refractivity contribution in [2.75, 3.05) is 13.1 Å². The summed E-state index contributed by atoms with van der Waals surface area (Å²) in [5, 5.41) is 0. The lowest BCUT2D eigenvalue weighted by Crippen LogP contribution is -2.39. The monoisotopic (exact) mass is 286 g/mol. The van der Waals surface area contributed by atoms with Crippen molar-refractivity contribution in [3.05, 3.63) is 29.8 Å². The number of nitrogens with two attached hydrogens (primary N) is 1. The van der Waals surface area contributed by atoms with Crippen molar-refractivity contribution in [2.24, 2.45) is 5.73 Å². The van der Waals surface area contributed by atoms with Gasteiger partial charge in [0.25, 0.3) is 0 Å². The number of rotatable bonds is 3. The van der Waals surface area contributed by atoms with Gasteiger partial charge in [-0.2, -0.15) is 0 Å². The van der Waals surface area contributed by atoms with Gasteiger partial charge in [0.1, 0.15) is 0 Å². The second-order valence-corrected chi connectivity index (χ2v) is 8.44. The van der Waals surface area contributed by atoms with Gasteiger partial charge in [-0.1, -0.05) is 17.7 Å². The molecule has 1 unspecified atom stereocenters. The Labute approximate surface area is 112 Å². The Balaban J connectivity index is 2.09. The smallest absolute Gasteiger partial charge is 0.244 e. The zero-order valence-corrected chi connectivity index (χ0v) is 12.0. The molecule has 0 saturated carbocycles. The van der Waals surface area contributed by atoms with E-state index in [4.69, 9.17) is 5.73 Å². The van der Waals surface area contributed by atoms with Crippen LogP contribution < -0.4 is 5.73 Å². The number of nitrogens with zero attached hydrogens (tertiary/aromatic N) is 1. The Hall–Kier alpha value is -0.560. The first-order valence-corrected chi connectivity index (χ1v) is 8.76. The lowest BCUT2D eigenvalue weighted by molar-refractivity contribution is 0.344. The molecule has 18 heavy (non-hydrogen) atoms. The average Bonchev–Trinajstić information content (AvgIpc) is 2.29. The quantitative estimate of drug-likeness (QED) is 0.677. The fraction of sp³-hybridized carbons (Fsp3) is 0.500. The van der Waals surface area contributed by atoms with Crippen LogP contribution in [0.5, 0.6) is 0 Å². The second kappa shape index (κ2) is 5.61. The van der Waals surface area contributed by atoms with Gasteiger partial charge in [-0.05, 0) is 31.9 Å². The summed E-state index contributed by atoms with van der Waals surface area (Å²) in [6.45, 7) is 3.35. The number of hydrogen-bond acceptors (Lipinski definition) is 5. The topological polar surface area (TPSA) is 63.4 Å². The zero-order valence-electron chi connectivity index (χ0n) is 10.4. The largest absolute Gasteiger partial charge is 0.327 e. The van der Waals surface area contributed by atoms with Gasteiger partial charge in [-0.15, -0.1) is 0 Å². The molecule has 0 aliphatic carbocycles. The van der Waals surface area contributed by atoms with Gasteiger partial charge in [0.2, 0.25) is 8.87 Å². The maximum atomic E-state index is 12.2. The summed E-state index contributed by atoms with van der Waals surface area (Å²) in [4.78, 5) is 0.359. The normalized spacial score (nSPS) is 22.0. The molecule has 0 spiro atoms. The van der Waals surface area contributed by atoms with E-state index in [9.17, 15) is 8.42 Å². The van der Waals surface area contributed by atoms with Crippen LogP contribution in [-0.4, -0.2) is 31.9 Å². The summed E-state index contributed by atoms with van der Waals surface area (Å²) in [5.41, 5.74) is 6.91. The van der Waals surface area contributed by atoms with Crippen molar-refractivity contribution in [2.45, 2.75) is 30.7 Å². The van der Waals surface area contributed by atoms with Crippen LogP contribution in [0.15, 0.2) is 29.2 Å². The molecule has 4 nitrogen and oxygen atoms in total. The van der Waals surface area contributed by atoms with Gasteiger partial charge in [-0.25, -0.2) is 12.7 Å². The maximum absolute atomic E-state index is 12.2. The minimum absolute atomic E-state index is 0.0828. The number of benzene rings is 1. The van der Waals surface area contributed by atoms with Gasteiger partial charge in [0.05, 0.1) is 15.9 Å². The van der Waals surface area contributed by atoms with E-state index in [-0.39, 0.29) is 6.04 Å². The first-order chi connectivity index (χ1) is 8.47. The fourth-order valence-electron chi connectivity index (χ4n) is 1.93. The lowest BCUT2D eigenvalue weighted by atomic mass is 10.1. The molecule has 1 saturated heterocycles. The Morgan fingerprint density at radius 2 is 2.00 bits per heavy atom. The SMILES string of the molecule is Cc1ccc(S(=O)(=O)SN2CCCC(N)C2)cc1. The highest BCUT2D eigenvalue weighted by Gasteiger charge is 2.24. The lowest BCUT2D eigenvalue weighted by Gasteiger charge is -2.28. The summed E-state index contributed by atoms with van der Waals surface area (Å²) >= 11 is 0. The van der Waals surface area contributed by atoms with E-state index >= 15 is 0 Å². The molecule has 1 aliphatic heterocycles. The van der Waals surface area contributed by atoms with E-state index in [0.29, 0.717) is 11.4 Å². The van der Waals surface area contributed by atoms with Gasteiger partial charge in [0, 0.05) is 19.1 Å². The zero-order chi connectivity index (χ0) is 13.2. The van der Waals surface area contributed by atoms with Crippen LogP contribution in [0.25, 0.3) is 0 Å². The van der Waals surface area contributed by atoms with Crippen molar-refractivity contribution in [1.29, 1.82) is 0 Å². The molecule has 6 heteroatoms. The molecular weight excluding hydrogens is 268 g/mol. The number of hydrogen-bond donors (Lipinski definition) is 1. The van der Waals surface area contributed by atoms with Gasteiger partial charge >= 0.3 is 0 Å². The number of piperidine rings is 1. The Morgan fingerprint density at radius 1 is 1.33 bits per heavy atom. The molecule has 0 bridgehead atoms. The Kier molecular flexibility index (Phi) is 4.32. The summed E-state index contributed by atoms with van der Waals surface area (Å²) < 4.78 is 26.2. The molecule has 1 fully saturated rings. The predicted octanol–water partition coefficient (Wildman–Crippen LogP) is 1.76. The van der Waals surface area contributed by atoms with Crippen LogP contribution in [0.1, 0.15) is 18.4 Å². The minimum atomic E-state index is -3.31. The molecule has 0 aromatic heterocycles. The van der Waals surface area contributed by atoms with E-state index in [1.165, 1.54) is 0 Å². The van der Waals surface area contributed by atoms with Crippen LogP contribution in [0.4, 0.5) is 0 Å². The Bertz CT molecular complexity index is 499. The van der Waals surface area contributed by atoms with Crippen molar-refractivity contribution in [3.63, 3.8) is 0 Å². The second-order valence-electron chi connectivity index (χ2n) is 4.63. The predicted molar refractivity (Wildman–Crippen MR) is 74.7 cm³/mol.